The molecule has 4 heterocycles. The maximum absolute atomic E-state index is 13.2. The third-order valence-electron chi connectivity index (χ3n) is 5.85. The van der Waals surface area contributed by atoms with Crippen LogP contribution in [0.5, 0.6) is 0 Å². The van der Waals surface area contributed by atoms with Gasteiger partial charge >= 0.3 is 0 Å². The highest BCUT2D eigenvalue weighted by Crippen LogP contribution is 2.33. The molecule has 1 amide bonds. The first-order valence-electron chi connectivity index (χ1n) is 10.1. The molecule has 1 aromatic carbocycles. The van der Waals surface area contributed by atoms with Gasteiger partial charge in [-0.15, -0.1) is 0 Å². The second kappa shape index (κ2) is 7.91. The van der Waals surface area contributed by atoms with Gasteiger partial charge in [-0.25, -0.2) is 0 Å². The van der Waals surface area contributed by atoms with Crippen molar-refractivity contribution in [2.24, 2.45) is 0 Å². The number of morpholine rings is 1. The number of hydrogen-bond donors (Lipinski definition) is 2. The lowest BCUT2D eigenvalue weighted by atomic mass is 10.1. The van der Waals surface area contributed by atoms with Crippen LogP contribution in [0.1, 0.15) is 12.8 Å². The van der Waals surface area contributed by atoms with Crippen LogP contribution in [0.3, 0.4) is 0 Å². The average molecular weight is 414 g/mol. The van der Waals surface area contributed by atoms with E-state index in [1.165, 1.54) is 12.8 Å². The highest BCUT2D eigenvalue weighted by Gasteiger charge is 2.31. The van der Waals surface area contributed by atoms with Crippen LogP contribution in [0.2, 0.25) is 5.02 Å². The van der Waals surface area contributed by atoms with Gasteiger partial charge in [0, 0.05) is 28.5 Å². The molecule has 0 radical (unpaired) electrons. The topological polar surface area (TPSA) is 73.5 Å². The van der Waals surface area contributed by atoms with Crippen molar-refractivity contribution in [2.45, 2.75) is 18.9 Å². The number of carbonyl (C=O) groups is 1. The monoisotopic (exact) mass is 413 g/mol. The van der Waals surface area contributed by atoms with E-state index >= 15 is 0 Å². The number of hydrogen-bond acceptors (Lipinski definition) is 5. The maximum atomic E-state index is 13.2. The summed E-state index contributed by atoms with van der Waals surface area (Å²) in [6.45, 7) is 4.84. The summed E-state index contributed by atoms with van der Waals surface area (Å²) in [7, 11) is 0. The number of H-pyrrole nitrogens is 1. The Bertz CT molecular complexity index is 1050. The smallest absolute Gasteiger partial charge is 0.244 e. The van der Waals surface area contributed by atoms with E-state index in [9.17, 15) is 4.79 Å². The van der Waals surface area contributed by atoms with Gasteiger partial charge in [0.05, 0.1) is 42.8 Å². The molecule has 29 heavy (non-hydrogen) atoms. The lowest BCUT2D eigenvalue weighted by Crippen LogP contribution is -2.54. The minimum Gasteiger partial charge on any atom is -0.378 e. The number of nitrogens with zero attached hydrogens (tertiary/aromatic N) is 3. The van der Waals surface area contributed by atoms with Crippen molar-refractivity contribution in [3.05, 3.63) is 35.6 Å². The van der Waals surface area contributed by atoms with E-state index in [-0.39, 0.29) is 11.9 Å². The molecule has 0 aliphatic carbocycles. The predicted molar refractivity (Wildman–Crippen MR) is 114 cm³/mol. The van der Waals surface area contributed by atoms with Gasteiger partial charge in [0.1, 0.15) is 6.04 Å². The molecule has 0 bridgehead atoms. The van der Waals surface area contributed by atoms with Crippen LogP contribution >= 0.6 is 11.6 Å². The molecule has 2 aromatic heterocycles. The van der Waals surface area contributed by atoms with Crippen LogP contribution in [-0.2, 0) is 9.53 Å². The number of fused-ring (bicyclic) bond motifs is 3. The minimum absolute atomic E-state index is 0.0655. The number of halogens is 1. The van der Waals surface area contributed by atoms with Crippen LogP contribution in [0.15, 0.2) is 30.6 Å². The first kappa shape index (κ1) is 18.8. The Kier molecular flexibility index (Phi) is 5.13. The number of ether oxygens (including phenoxy) is 1. The van der Waals surface area contributed by atoms with Gasteiger partial charge in [-0.1, -0.05) is 11.6 Å². The van der Waals surface area contributed by atoms with Gasteiger partial charge in [0.15, 0.2) is 0 Å². The molecular weight excluding hydrogens is 390 g/mol. The van der Waals surface area contributed by atoms with Crippen LogP contribution < -0.4 is 5.32 Å². The second-order valence-corrected chi connectivity index (χ2v) is 8.22. The summed E-state index contributed by atoms with van der Waals surface area (Å²) in [5.74, 6) is -0.0655. The zero-order valence-corrected chi connectivity index (χ0v) is 16.9. The molecule has 1 atom stereocenters. The fraction of sp³-hybridized carbons (Fsp3) is 0.429. The Balaban J connectivity index is 1.42. The summed E-state index contributed by atoms with van der Waals surface area (Å²) >= 11 is 6.37. The summed E-state index contributed by atoms with van der Waals surface area (Å²) in [6, 6.07) is 5.33. The van der Waals surface area contributed by atoms with E-state index in [4.69, 9.17) is 16.3 Å². The predicted octanol–water partition coefficient (Wildman–Crippen LogP) is 3.06. The molecule has 7 nitrogen and oxygen atoms in total. The Morgan fingerprint density at radius 3 is 3.00 bits per heavy atom. The Morgan fingerprint density at radius 1 is 1.28 bits per heavy atom. The summed E-state index contributed by atoms with van der Waals surface area (Å²) in [5, 5.41) is 5.68. The van der Waals surface area contributed by atoms with Crippen molar-refractivity contribution in [1.82, 2.24) is 19.8 Å². The van der Waals surface area contributed by atoms with Gasteiger partial charge in [-0.3, -0.25) is 19.6 Å². The van der Waals surface area contributed by atoms with E-state index < -0.39 is 0 Å². The van der Waals surface area contributed by atoms with Crippen molar-refractivity contribution in [2.75, 3.05) is 44.8 Å². The van der Waals surface area contributed by atoms with Crippen molar-refractivity contribution in [3.8, 4) is 0 Å². The minimum atomic E-state index is -0.315. The van der Waals surface area contributed by atoms with E-state index in [1.807, 2.05) is 12.1 Å². The molecule has 3 aromatic rings. The van der Waals surface area contributed by atoms with Gasteiger partial charge < -0.3 is 15.0 Å². The first-order valence-corrected chi connectivity index (χ1v) is 10.5. The Labute approximate surface area is 174 Å². The Hall–Kier alpha value is -2.19. The number of pyridine rings is 1. The number of aromatic nitrogens is 2. The molecule has 8 heteroatoms. The van der Waals surface area contributed by atoms with E-state index in [0.717, 1.165) is 48.1 Å². The van der Waals surface area contributed by atoms with Crippen molar-refractivity contribution in [1.29, 1.82) is 0 Å². The first-order chi connectivity index (χ1) is 14.2. The summed E-state index contributed by atoms with van der Waals surface area (Å²) in [5.41, 5.74) is 2.45. The zero-order valence-electron chi connectivity index (χ0n) is 16.2. The van der Waals surface area contributed by atoms with Crippen molar-refractivity contribution < 1.29 is 9.53 Å². The summed E-state index contributed by atoms with van der Waals surface area (Å²) < 4.78 is 5.63. The number of amides is 1. The summed E-state index contributed by atoms with van der Waals surface area (Å²) in [6.07, 6.45) is 6.00. The second-order valence-electron chi connectivity index (χ2n) is 7.78. The van der Waals surface area contributed by atoms with Gasteiger partial charge in [-0.05, 0) is 44.1 Å². The molecular formula is C21H24ClN5O2. The van der Waals surface area contributed by atoms with E-state index in [1.54, 1.807) is 18.5 Å². The fourth-order valence-corrected chi connectivity index (χ4v) is 4.58. The largest absolute Gasteiger partial charge is 0.378 e. The molecule has 2 fully saturated rings. The molecule has 2 saturated heterocycles. The molecule has 0 unspecified atom stereocenters. The van der Waals surface area contributed by atoms with Crippen LogP contribution in [0, 0.1) is 0 Å². The third-order valence-corrected chi connectivity index (χ3v) is 6.07. The molecule has 152 valence electrons. The molecule has 2 N–H and O–H groups in total. The normalized spacial score (nSPS) is 21.2. The lowest BCUT2D eigenvalue weighted by Gasteiger charge is -2.36. The maximum Gasteiger partial charge on any atom is 0.244 e. The number of anilines is 1. The summed E-state index contributed by atoms with van der Waals surface area (Å²) in [4.78, 5) is 25.4. The number of rotatable bonds is 4. The standard InChI is InChI=1S/C21H24ClN5O2/c22-14-9-16-15-3-4-23-11-18(15)24-20(16)17(10-14)25-21(28)19-12-29-8-7-27(19)13-26-5-1-2-6-26/h3-4,9-11,19,24H,1-2,5-8,12-13H2,(H,25,28)/t19-/m0/s1. The van der Waals surface area contributed by atoms with Gasteiger partial charge in [0.25, 0.3) is 0 Å². The quantitative estimate of drug-likeness (QED) is 0.687. The van der Waals surface area contributed by atoms with Crippen molar-refractivity contribution in [3.63, 3.8) is 0 Å². The number of nitrogens with one attached hydrogen (secondary N) is 2. The lowest BCUT2D eigenvalue weighted by molar-refractivity contribution is -0.129. The van der Waals surface area contributed by atoms with E-state index in [0.29, 0.717) is 23.9 Å². The van der Waals surface area contributed by atoms with Gasteiger partial charge in [-0.2, -0.15) is 0 Å². The highest BCUT2D eigenvalue weighted by atomic mass is 35.5. The molecule has 5 rings (SSSR count). The average Bonchev–Trinajstić information content (AvgIpc) is 3.36. The number of aromatic amines is 1. The van der Waals surface area contributed by atoms with Crippen molar-refractivity contribution >= 4 is 45.0 Å². The molecule has 0 spiro atoms. The molecule has 0 saturated carbocycles. The number of likely N-dealkylation sites (tertiary alicyclic amines) is 1. The Morgan fingerprint density at radius 2 is 2.14 bits per heavy atom. The highest BCUT2D eigenvalue weighted by molar-refractivity contribution is 6.32. The van der Waals surface area contributed by atoms with Crippen LogP contribution in [0.25, 0.3) is 21.8 Å². The molecule has 2 aliphatic rings. The molecule has 2 aliphatic heterocycles. The zero-order chi connectivity index (χ0) is 19.8. The third kappa shape index (κ3) is 3.71. The van der Waals surface area contributed by atoms with E-state index in [2.05, 4.69) is 25.1 Å². The van der Waals surface area contributed by atoms with Crippen LogP contribution in [0.4, 0.5) is 5.69 Å². The van der Waals surface area contributed by atoms with Gasteiger partial charge in [0.2, 0.25) is 5.91 Å². The fourth-order valence-electron chi connectivity index (χ4n) is 4.36. The number of benzene rings is 1. The van der Waals surface area contributed by atoms with Crippen LogP contribution in [-0.4, -0.2) is 71.2 Å². The SMILES string of the molecule is O=C(Nc1cc(Cl)cc2c1[nH]c1cnccc12)[C@@H]1COCCN1CN1CCCC1. The number of carbonyl (C=O) groups excluding carboxylic acids is 1.